The maximum Gasteiger partial charge on any atom is 0.0410 e. The van der Waals surface area contributed by atoms with E-state index in [2.05, 4.69) is 59.8 Å². The van der Waals surface area contributed by atoms with Crippen molar-refractivity contribution in [1.82, 2.24) is 0 Å². The van der Waals surface area contributed by atoms with Crippen molar-refractivity contribution in [3.63, 3.8) is 0 Å². The molecule has 0 radical (unpaired) electrons. The summed E-state index contributed by atoms with van der Waals surface area (Å²) in [7, 11) is 0. The van der Waals surface area contributed by atoms with Crippen molar-refractivity contribution in [2.24, 2.45) is 11.1 Å². The molecule has 2 nitrogen and oxygen atoms in total. The summed E-state index contributed by atoms with van der Waals surface area (Å²) in [6.07, 6.45) is 5.87. The maximum absolute atomic E-state index is 6.19. The second kappa shape index (κ2) is 7.15. The minimum atomic E-state index is 0.259. The fourth-order valence-electron chi connectivity index (χ4n) is 3.40. The number of hydrogen-bond donors (Lipinski definition) is 1. The predicted molar refractivity (Wildman–Crippen MR) is 96.0 cm³/mol. The van der Waals surface area contributed by atoms with Gasteiger partial charge in [0.1, 0.15) is 0 Å². The Morgan fingerprint density at radius 2 is 2.00 bits per heavy atom. The molecular weight excluding hydrogens is 324 g/mol. The Hall–Kier alpha value is -0.540. The molecule has 1 aromatic carbocycles. The molecule has 0 spiro atoms. The molecule has 1 saturated heterocycles. The lowest BCUT2D eigenvalue weighted by Crippen LogP contribution is -2.28. The van der Waals surface area contributed by atoms with E-state index in [1.165, 1.54) is 43.6 Å². The smallest absolute Gasteiger partial charge is 0.0410 e. The summed E-state index contributed by atoms with van der Waals surface area (Å²) in [5.41, 5.74) is 9.48. The zero-order chi connectivity index (χ0) is 15.5. The van der Waals surface area contributed by atoms with E-state index in [4.69, 9.17) is 5.73 Å². The molecular formula is C18H29BrN2. The molecule has 2 rings (SSSR count). The lowest BCUT2D eigenvalue weighted by Gasteiger charge is -2.28. The molecule has 1 atom stereocenters. The molecule has 1 heterocycles. The fraction of sp³-hybridized carbons (Fsp3) is 0.667. The van der Waals surface area contributed by atoms with Crippen molar-refractivity contribution in [1.29, 1.82) is 0 Å². The third-order valence-electron chi connectivity index (χ3n) is 5.33. The van der Waals surface area contributed by atoms with E-state index in [9.17, 15) is 0 Å². The Kier molecular flexibility index (Phi) is 5.73. The van der Waals surface area contributed by atoms with Crippen LogP contribution in [0.3, 0.4) is 0 Å². The standard InChI is InChI=1S/C18H29BrN2/c1-4-16(20)11-14-7-8-15(19)12-17(14)21-10-9-18(5-2,6-3)13-21/h7-8,12,16H,4-6,9-11,13,20H2,1-3H3. The van der Waals surface area contributed by atoms with Crippen LogP contribution in [-0.4, -0.2) is 19.1 Å². The van der Waals surface area contributed by atoms with Gasteiger partial charge in [0.05, 0.1) is 0 Å². The Balaban J connectivity index is 2.24. The summed E-state index contributed by atoms with van der Waals surface area (Å²) in [5.74, 6) is 0. The summed E-state index contributed by atoms with van der Waals surface area (Å²) in [6, 6.07) is 6.92. The van der Waals surface area contributed by atoms with E-state index in [1.807, 2.05) is 0 Å². The lowest BCUT2D eigenvalue weighted by molar-refractivity contribution is 0.301. The Morgan fingerprint density at radius 1 is 1.29 bits per heavy atom. The van der Waals surface area contributed by atoms with E-state index < -0.39 is 0 Å². The van der Waals surface area contributed by atoms with E-state index >= 15 is 0 Å². The molecule has 3 heteroatoms. The molecule has 0 bridgehead atoms. The highest BCUT2D eigenvalue weighted by molar-refractivity contribution is 9.10. The van der Waals surface area contributed by atoms with E-state index in [0.717, 1.165) is 17.3 Å². The van der Waals surface area contributed by atoms with Gasteiger partial charge in [-0.1, -0.05) is 42.8 Å². The van der Waals surface area contributed by atoms with Crippen LogP contribution < -0.4 is 10.6 Å². The van der Waals surface area contributed by atoms with Gasteiger partial charge in [0.15, 0.2) is 0 Å². The van der Waals surface area contributed by atoms with Crippen molar-refractivity contribution < 1.29 is 0 Å². The first-order valence-electron chi connectivity index (χ1n) is 8.32. The number of benzene rings is 1. The Labute approximate surface area is 138 Å². The molecule has 1 aromatic rings. The van der Waals surface area contributed by atoms with Crippen LogP contribution in [-0.2, 0) is 6.42 Å². The SMILES string of the molecule is CCC(N)Cc1ccc(Br)cc1N1CCC(CC)(CC)C1. The third-order valence-corrected chi connectivity index (χ3v) is 5.83. The minimum Gasteiger partial charge on any atom is -0.371 e. The first-order chi connectivity index (χ1) is 10.0. The number of nitrogens with two attached hydrogens (primary N) is 1. The first kappa shape index (κ1) is 16.8. The van der Waals surface area contributed by atoms with Gasteiger partial charge in [-0.05, 0) is 55.2 Å². The van der Waals surface area contributed by atoms with Gasteiger partial charge in [0, 0.05) is 29.3 Å². The van der Waals surface area contributed by atoms with Crippen LogP contribution in [0, 0.1) is 5.41 Å². The molecule has 21 heavy (non-hydrogen) atoms. The van der Waals surface area contributed by atoms with Gasteiger partial charge in [-0.3, -0.25) is 0 Å². The molecule has 0 amide bonds. The summed E-state index contributed by atoms with van der Waals surface area (Å²) in [5, 5.41) is 0. The highest BCUT2D eigenvalue weighted by Gasteiger charge is 2.35. The van der Waals surface area contributed by atoms with Gasteiger partial charge in [0.25, 0.3) is 0 Å². The topological polar surface area (TPSA) is 29.3 Å². The quantitative estimate of drug-likeness (QED) is 0.800. The minimum absolute atomic E-state index is 0.259. The van der Waals surface area contributed by atoms with Crippen LogP contribution in [0.15, 0.2) is 22.7 Å². The van der Waals surface area contributed by atoms with Crippen LogP contribution in [0.25, 0.3) is 0 Å². The van der Waals surface area contributed by atoms with Crippen molar-refractivity contribution >= 4 is 21.6 Å². The number of halogens is 1. The zero-order valence-electron chi connectivity index (χ0n) is 13.7. The summed E-state index contributed by atoms with van der Waals surface area (Å²) in [4.78, 5) is 2.58. The summed E-state index contributed by atoms with van der Waals surface area (Å²) >= 11 is 3.63. The van der Waals surface area contributed by atoms with Crippen LogP contribution in [0.1, 0.15) is 52.0 Å². The van der Waals surface area contributed by atoms with Gasteiger partial charge in [-0.15, -0.1) is 0 Å². The molecule has 0 aromatic heterocycles. The van der Waals surface area contributed by atoms with Gasteiger partial charge in [0.2, 0.25) is 0 Å². The van der Waals surface area contributed by atoms with Crippen molar-refractivity contribution in [2.45, 2.75) is 58.9 Å². The van der Waals surface area contributed by atoms with E-state index in [0.29, 0.717) is 5.41 Å². The normalized spacial score (nSPS) is 19.0. The Morgan fingerprint density at radius 3 is 2.57 bits per heavy atom. The average molecular weight is 353 g/mol. The maximum atomic E-state index is 6.19. The zero-order valence-corrected chi connectivity index (χ0v) is 15.2. The monoisotopic (exact) mass is 352 g/mol. The largest absolute Gasteiger partial charge is 0.371 e. The highest BCUT2D eigenvalue weighted by Crippen LogP contribution is 2.40. The van der Waals surface area contributed by atoms with Crippen LogP contribution >= 0.6 is 15.9 Å². The number of hydrogen-bond acceptors (Lipinski definition) is 2. The number of anilines is 1. The van der Waals surface area contributed by atoms with Crippen molar-refractivity contribution in [2.75, 3.05) is 18.0 Å². The molecule has 2 N–H and O–H groups in total. The lowest BCUT2D eigenvalue weighted by atomic mass is 9.82. The van der Waals surface area contributed by atoms with Gasteiger partial charge >= 0.3 is 0 Å². The van der Waals surface area contributed by atoms with Gasteiger partial charge in [-0.2, -0.15) is 0 Å². The molecule has 1 aliphatic rings. The molecule has 1 aliphatic heterocycles. The van der Waals surface area contributed by atoms with Crippen LogP contribution in [0.2, 0.25) is 0 Å². The van der Waals surface area contributed by atoms with Gasteiger partial charge in [-0.25, -0.2) is 0 Å². The Bertz CT molecular complexity index is 468. The van der Waals surface area contributed by atoms with Crippen molar-refractivity contribution in [3.8, 4) is 0 Å². The predicted octanol–water partition coefficient (Wildman–Crippen LogP) is 4.75. The number of rotatable bonds is 6. The second-order valence-electron chi connectivity index (χ2n) is 6.52. The molecule has 0 saturated carbocycles. The van der Waals surface area contributed by atoms with Crippen LogP contribution in [0.5, 0.6) is 0 Å². The second-order valence-corrected chi connectivity index (χ2v) is 7.44. The molecule has 0 aliphatic carbocycles. The first-order valence-corrected chi connectivity index (χ1v) is 9.11. The molecule has 118 valence electrons. The average Bonchev–Trinajstić information content (AvgIpc) is 2.94. The van der Waals surface area contributed by atoms with Crippen LogP contribution in [0.4, 0.5) is 5.69 Å². The fourth-order valence-corrected chi connectivity index (χ4v) is 3.75. The summed E-state index contributed by atoms with van der Waals surface area (Å²) in [6.45, 7) is 9.19. The van der Waals surface area contributed by atoms with Crippen molar-refractivity contribution in [3.05, 3.63) is 28.2 Å². The van der Waals surface area contributed by atoms with Gasteiger partial charge < -0.3 is 10.6 Å². The highest BCUT2D eigenvalue weighted by atomic mass is 79.9. The van der Waals surface area contributed by atoms with E-state index in [-0.39, 0.29) is 6.04 Å². The number of nitrogens with zero attached hydrogens (tertiary/aromatic N) is 1. The molecule has 1 unspecified atom stereocenters. The molecule has 1 fully saturated rings. The third kappa shape index (κ3) is 3.81. The van der Waals surface area contributed by atoms with E-state index in [1.54, 1.807) is 0 Å². The summed E-state index contributed by atoms with van der Waals surface area (Å²) < 4.78 is 1.16.